The van der Waals surface area contributed by atoms with Crippen LogP contribution in [0.25, 0.3) is 0 Å². The largest absolute Gasteiger partial charge is 0.466 e. The number of nitriles is 1. The molecule has 0 amide bonds. The Hall–Kier alpha value is -3.76. The van der Waals surface area contributed by atoms with Crippen LogP contribution in [0.1, 0.15) is 17.0 Å². The van der Waals surface area contributed by atoms with E-state index >= 15 is 0 Å². The SMILES string of the molecule is COC(=O)C1=C(C(=O)OC)N(c2ccc(C)cc2)C(N)=C(C#N)C1c1ccccc1Cl. The summed E-state index contributed by atoms with van der Waals surface area (Å²) in [6.07, 6.45) is 0. The highest BCUT2D eigenvalue weighted by Gasteiger charge is 2.43. The Bertz CT molecular complexity index is 1150. The summed E-state index contributed by atoms with van der Waals surface area (Å²) < 4.78 is 9.97. The molecule has 0 aliphatic carbocycles. The van der Waals surface area contributed by atoms with E-state index in [1.165, 1.54) is 19.1 Å². The second kappa shape index (κ2) is 8.94. The first-order chi connectivity index (χ1) is 14.8. The predicted molar refractivity (Wildman–Crippen MR) is 116 cm³/mol. The van der Waals surface area contributed by atoms with E-state index in [2.05, 4.69) is 6.07 Å². The van der Waals surface area contributed by atoms with E-state index in [0.717, 1.165) is 5.56 Å². The topological polar surface area (TPSA) is 106 Å². The van der Waals surface area contributed by atoms with E-state index in [-0.39, 0.29) is 22.7 Å². The van der Waals surface area contributed by atoms with Gasteiger partial charge in [-0.15, -0.1) is 0 Å². The molecule has 0 spiro atoms. The average Bonchev–Trinajstić information content (AvgIpc) is 2.78. The van der Waals surface area contributed by atoms with Crippen LogP contribution in [0.3, 0.4) is 0 Å². The first-order valence-corrected chi connectivity index (χ1v) is 9.65. The van der Waals surface area contributed by atoms with Gasteiger partial charge >= 0.3 is 11.9 Å². The zero-order chi connectivity index (χ0) is 22.7. The fourth-order valence-electron chi connectivity index (χ4n) is 3.52. The third-order valence-electron chi connectivity index (χ3n) is 4.99. The van der Waals surface area contributed by atoms with Gasteiger partial charge in [-0.1, -0.05) is 47.5 Å². The van der Waals surface area contributed by atoms with E-state index < -0.39 is 17.9 Å². The maximum absolute atomic E-state index is 13.0. The summed E-state index contributed by atoms with van der Waals surface area (Å²) in [4.78, 5) is 27.2. The van der Waals surface area contributed by atoms with Gasteiger partial charge in [0.15, 0.2) is 0 Å². The lowest BCUT2D eigenvalue weighted by atomic mass is 9.80. The van der Waals surface area contributed by atoms with Gasteiger partial charge in [-0.3, -0.25) is 4.90 Å². The average molecular weight is 438 g/mol. The number of nitrogens with two attached hydrogens (primary N) is 1. The number of anilines is 1. The first-order valence-electron chi connectivity index (χ1n) is 9.27. The number of ether oxygens (including phenoxy) is 2. The molecule has 1 unspecified atom stereocenters. The third kappa shape index (κ3) is 3.86. The molecule has 0 saturated carbocycles. The minimum Gasteiger partial charge on any atom is -0.466 e. The van der Waals surface area contributed by atoms with E-state index in [4.69, 9.17) is 26.8 Å². The van der Waals surface area contributed by atoms with Crippen LogP contribution in [-0.4, -0.2) is 26.2 Å². The number of carbonyl (C=O) groups is 2. The highest BCUT2D eigenvalue weighted by Crippen LogP contribution is 2.44. The Labute approximate surface area is 184 Å². The predicted octanol–water partition coefficient (Wildman–Crippen LogP) is 3.55. The third-order valence-corrected chi connectivity index (χ3v) is 5.33. The summed E-state index contributed by atoms with van der Waals surface area (Å²) in [5, 5.41) is 10.3. The molecule has 31 heavy (non-hydrogen) atoms. The molecule has 3 rings (SSSR count). The van der Waals surface area contributed by atoms with Crippen LogP contribution < -0.4 is 10.6 Å². The quantitative estimate of drug-likeness (QED) is 0.729. The van der Waals surface area contributed by atoms with Gasteiger partial charge in [-0.05, 0) is 30.7 Å². The van der Waals surface area contributed by atoms with Crippen molar-refractivity contribution in [2.45, 2.75) is 12.8 Å². The zero-order valence-corrected chi connectivity index (χ0v) is 17.9. The molecule has 2 N–H and O–H groups in total. The molecule has 8 heteroatoms. The van der Waals surface area contributed by atoms with Crippen LogP contribution >= 0.6 is 11.6 Å². The van der Waals surface area contributed by atoms with Crippen LogP contribution in [0.2, 0.25) is 5.02 Å². The van der Waals surface area contributed by atoms with Crippen LogP contribution in [0.5, 0.6) is 0 Å². The Kier molecular flexibility index (Phi) is 6.33. The van der Waals surface area contributed by atoms with Gasteiger partial charge in [0.25, 0.3) is 0 Å². The Morgan fingerprint density at radius 1 is 1.06 bits per heavy atom. The van der Waals surface area contributed by atoms with Crippen molar-refractivity contribution in [1.82, 2.24) is 0 Å². The maximum Gasteiger partial charge on any atom is 0.355 e. The number of allylic oxidation sites excluding steroid dienone is 1. The van der Waals surface area contributed by atoms with Gasteiger partial charge in [0, 0.05) is 10.7 Å². The van der Waals surface area contributed by atoms with Crippen molar-refractivity contribution in [1.29, 1.82) is 5.26 Å². The Morgan fingerprint density at radius 2 is 1.68 bits per heavy atom. The molecule has 158 valence electrons. The van der Waals surface area contributed by atoms with Crippen LogP contribution in [0, 0.1) is 18.3 Å². The zero-order valence-electron chi connectivity index (χ0n) is 17.2. The Morgan fingerprint density at radius 3 is 2.23 bits per heavy atom. The highest BCUT2D eigenvalue weighted by atomic mass is 35.5. The van der Waals surface area contributed by atoms with Crippen molar-refractivity contribution in [3.05, 3.63) is 87.3 Å². The number of hydrogen-bond donors (Lipinski definition) is 1. The highest BCUT2D eigenvalue weighted by molar-refractivity contribution is 6.31. The van der Waals surface area contributed by atoms with Gasteiger partial charge in [-0.25, -0.2) is 9.59 Å². The molecule has 0 fully saturated rings. The van der Waals surface area contributed by atoms with Crippen LogP contribution in [0.4, 0.5) is 5.69 Å². The van der Waals surface area contributed by atoms with E-state index in [0.29, 0.717) is 16.3 Å². The number of hydrogen-bond acceptors (Lipinski definition) is 7. The minimum atomic E-state index is -1.01. The van der Waals surface area contributed by atoms with E-state index in [1.807, 2.05) is 19.1 Å². The monoisotopic (exact) mass is 437 g/mol. The summed E-state index contributed by atoms with van der Waals surface area (Å²) in [5.74, 6) is -2.63. The number of esters is 2. The van der Waals surface area contributed by atoms with Gasteiger partial charge in [0.2, 0.25) is 0 Å². The summed E-state index contributed by atoms with van der Waals surface area (Å²) in [6.45, 7) is 1.91. The standard InChI is InChI=1S/C23H20ClN3O4/c1-13-8-10-14(11-9-13)27-20(23(29)31-3)19(22(28)30-2)18(16(12-25)21(27)26)15-6-4-5-7-17(15)24/h4-11,18H,26H2,1-3H3. The Balaban J connectivity index is 2.43. The number of nitrogens with zero attached hydrogens (tertiary/aromatic N) is 2. The molecule has 7 nitrogen and oxygen atoms in total. The molecule has 0 radical (unpaired) electrons. The van der Waals surface area contributed by atoms with Gasteiger partial charge in [0.05, 0.1) is 37.4 Å². The van der Waals surface area contributed by atoms with E-state index in [1.54, 1.807) is 36.4 Å². The lowest BCUT2D eigenvalue weighted by molar-refractivity contribution is -0.139. The number of benzene rings is 2. The molecule has 0 aromatic heterocycles. The smallest absolute Gasteiger partial charge is 0.355 e. The van der Waals surface area contributed by atoms with Crippen LogP contribution in [-0.2, 0) is 19.1 Å². The number of halogens is 1. The van der Waals surface area contributed by atoms with Crippen molar-refractivity contribution < 1.29 is 19.1 Å². The van der Waals surface area contributed by atoms with Crippen molar-refractivity contribution in [3.63, 3.8) is 0 Å². The molecular formula is C23H20ClN3O4. The normalized spacial score (nSPS) is 16.1. The fourth-order valence-corrected chi connectivity index (χ4v) is 3.76. The van der Waals surface area contributed by atoms with Crippen molar-refractivity contribution in [2.75, 3.05) is 19.1 Å². The molecule has 1 aliphatic heterocycles. The number of aryl methyl sites for hydroxylation is 1. The van der Waals surface area contributed by atoms with Gasteiger partial charge < -0.3 is 15.2 Å². The molecule has 0 saturated heterocycles. The van der Waals surface area contributed by atoms with Crippen molar-refractivity contribution >= 4 is 29.2 Å². The van der Waals surface area contributed by atoms with Gasteiger partial charge in [0.1, 0.15) is 11.5 Å². The second-order valence-electron chi connectivity index (χ2n) is 6.78. The lowest BCUT2D eigenvalue weighted by Gasteiger charge is -2.36. The van der Waals surface area contributed by atoms with Crippen molar-refractivity contribution in [3.8, 4) is 6.07 Å². The fraction of sp³-hybridized carbons (Fsp3) is 0.174. The molecule has 1 heterocycles. The molecular weight excluding hydrogens is 418 g/mol. The van der Waals surface area contributed by atoms with E-state index in [9.17, 15) is 14.9 Å². The van der Waals surface area contributed by atoms with Crippen LogP contribution in [0.15, 0.2) is 71.2 Å². The molecule has 1 aliphatic rings. The molecule has 2 aromatic rings. The summed E-state index contributed by atoms with van der Waals surface area (Å²) in [7, 11) is 2.39. The maximum atomic E-state index is 13.0. The molecule has 0 bridgehead atoms. The number of carbonyl (C=O) groups excluding carboxylic acids is 2. The first kappa shape index (κ1) is 21.9. The summed E-state index contributed by atoms with van der Waals surface area (Å²) in [5.41, 5.74) is 8.14. The molecule has 2 aromatic carbocycles. The minimum absolute atomic E-state index is 0.00988. The number of methoxy groups -OCH3 is 2. The summed E-state index contributed by atoms with van der Waals surface area (Å²) >= 11 is 6.40. The molecule has 1 atom stereocenters. The van der Waals surface area contributed by atoms with Crippen molar-refractivity contribution in [2.24, 2.45) is 5.73 Å². The van der Waals surface area contributed by atoms with Gasteiger partial charge in [-0.2, -0.15) is 5.26 Å². The second-order valence-corrected chi connectivity index (χ2v) is 7.19. The summed E-state index contributed by atoms with van der Waals surface area (Å²) in [6, 6.07) is 15.9. The lowest BCUT2D eigenvalue weighted by Crippen LogP contribution is -2.40. The number of rotatable bonds is 4.